The maximum Gasteiger partial charge on any atom is 0.250 e. The second-order valence-electron chi connectivity index (χ2n) is 14.9. The zero-order chi connectivity index (χ0) is 36.0. The van der Waals surface area contributed by atoms with E-state index in [9.17, 15) is 14.9 Å². The van der Waals surface area contributed by atoms with E-state index in [2.05, 4.69) is 22.0 Å². The molecule has 5 unspecified atom stereocenters. The van der Waals surface area contributed by atoms with Gasteiger partial charge in [-0.2, -0.15) is 5.26 Å². The second-order valence-corrected chi connectivity index (χ2v) is 15.6. The number of nitrogens with one attached hydrogen (secondary N) is 1. The molecule has 5 fully saturated rings. The molecule has 9 nitrogen and oxygen atoms in total. The molecule has 5 atom stereocenters. The third-order valence-electron chi connectivity index (χ3n) is 11.6. The summed E-state index contributed by atoms with van der Waals surface area (Å²) >= 11 is 13.1. The monoisotopic (exact) mass is 738 g/mol. The third kappa shape index (κ3) is 5.31. The molecule has 52 heavy (non-hydrogen) atoms. The number of carbonyl (C=O) groups excluding carboxylic acids is 1. The fraction of sp³-hybridized carbons (Fsp3) is 0.400. The summed E-state index contributed by atoms with van der Waals surface area (Å²) in [5, 5.41) is 15.4. The van der Waals surface area contributed by atoms with Crippen LogP contribution >= 0.6 is 23.2 Å². The van der Waals surface area contributed by atoms with E-state index < -0.39 is 5.82 Å². The van der Waals surface area contributed by atoms with Gasteiger partial charge < -0.3 is 24.1 Å². The molecular formula is C40H37Cl2FN6O3. The lowest BCUT2D eigenvalue weighted by Gasteiger charge is -2.39. The molecule has 1 N–H and O–H groups in total. The van der Waals surface area contributed by atoms with Gasteiger partial charge in [0.1, 0.15) is 17.4 Å². The number of fused-ring (bicyclic) bond motifs is 4. The van der Waals surface area contributed by atoms with Gasteiger partial charge in [0.05, 0.1) is 40.3 Å². The molecule has 2 aliphatic carbocycles. The predicted molar refractivity (Wildman–Crippen MR) is 198 cm³/mol. The number of likely N-dealkylation sites (tertiary alicyclic amines) is 1. The molecule has 1 amide bonds. The first-order valence-electron chi connectivity index (χ1n) is 18.0. The van der Waals surface area contributed by atoms with Crippen molar-refractivity contribution >= 4 is 50.9 Å². The van der Waals surface area contributed by atoms with Crippen molar-refractivity contribution in [3.05, 3.63) is 91.8 Å². The molecule has 3 saturated heterocycles. The van der Waals surface area contributed by atoms with Gasteiger partial charge in [-0.05, 0) is 68.4 Å². The summed E-state index contributed by atoms with van der Waals surface area (Å²) in [7, 11) is 1.69. The average molecular weight is 740 g/mol. The zero-order valence-electron chi connectivity index (χ0n) is 28.8. The number of hydrogen-bond acceptors (Lipinski definition) is 6. The van der Waals surface area contributed by atoms with Crippen molar-refractivity contribution in [2.24, 2.45) is 18.9 Å². The largest absolute Gasteiger partial charge is 0.487 e. The fourth-order valence-corrected chi connectivity index (χ4v) is 9.30. The highest BCUT2D eigenvalue weighted by Crippen LogP contribution is 2.51. The summed E-state index contributed by atoms with van der Waals surface area (Å²) in [4.78, 5) is 33.0. The number of pyridine rings is 2. The minimum Gasteiger partial charge on any atom is -0.487 e. The van der Waals surface area contributed by atoms with E-state index in [-0.39, 0.29) is 58.6 Å². The van der Waals surface area contributed by atoms with Gasteiger partial charge in [-0.25, -0.2) is 9.37 Å². The lowest BCUT2D eigenvalue weighted by Crippen LogP contribution is -2.41. The molecule has 2 bridgehead atoms. The van der Waals surface area contributed by atoms with Gasteiger partial charge in [0.25, 0.3) is 0 Å². The molecule has 0 spiro atoms. The molecule has 5 aliphatic rings. The highest BCUT2D eigenvalue weighted by Gasteiger charge is 2.51. The number of nitriles is 1. The zero-order valence-corrected chi connectivity index (χ0v) is 30.3. The van der Waals surface area contributed by atoms with E-state index >= 15 is 4.39 Å². The Morgan fingerprint density at radius 3 is 2.69 bits per heavy atom. The van der Waals surface area contributed by atoms with Crippen LogP contribution in [0.15, 0.2) is 53.5 Å². The van der Waals surface area contributed by atoms with E-state index in [0.717, 1.165) is 42.4 Å². The Bertz CT molecular complexity index is 2400. The van der Waals surface area contributed by atoms with Crippen molar-refractivity contribution in [2.75, 3.05) is 13.1 Å². The highest BCUT2D eigenvalue weighted by atomic mass is 35.5. The Morgan fingerprint density at radius 1 is 1.15 bits per heavy atom. The average Bonchev–Trinajstić information content (AvgIpc) is 3.41. The lowest BCUT2D eigenvalue weighted by atomic mass is 9.79. The van der Waals surface area contributed by atoms with Crippen molar-refractivity contribution in [3.8, 4) is 22.9 Å². The number of halogens is 3. The van der Waals surface area contributed by atoms with Crippen LogP contribution in [0, 0.1) is 35.9 Å². The van der Waals surface area contributed by atoms with Crippen molar-refractivity contribution in [1.82, 2.24) is 24.3 Å². The first-order chi connectivity index (χ1) is 25.1. The van der Waals surface area contributed by atoms with E-state index in [0.29, 0.717) is 63.8 Å². The van der Waals surface area contributed by atoms with Crippen molar-refractivity contribution in [2.45, 2.75) is 69.7 Å². The predicted octanol–water partition coefficient (Wildman–Crippen LogP) is 7.43. The smallest absolute Gasteiger partial charge is 0.250 e. The van der Waals surface area contributed by atoms with Crippen LogP contribution < -0.4 is 15.6 Å². The highest BCUT2D eigenvalue weighted by molar-refractivity contribution is 6.43. The molecule has 3 aromatic heterocycles. The van der Waals surface area contributed by atoms with Crippen LogP contribution in [0.5, 0.6) is 5.75 Å². The molecule has 0 radical (unpaired) electrons. The molecule has 3 aliphatic heterocycles. The Morgan fingerprint density at radius 2 is 1.98 bits per heavy atom. The van der Waals surface area contributed by atoms with Gasteiger partial charge in [-0.3, -0.25) is 9.59 Å². The number of benzene rings is 2. The molecule has 266 valence electrons. The summed E-state index contributed by atoms with van der Waals surface area (Å²) in [5.41, 5.74) is 4.11. The molecule has 2 saturated carbocycles. The van der Waals surface area contributed by atoms with Gasteiger partial charge in [0.2, 0.25) is 11.5 Å². The van der Waals surface area contributed by atoms with Gasteiger partial charge >= 0.3 is 0 Å². The number of carbonyl (C=O) groups is 1. The van der Waals surface area contributed by atoms with Crippen molar-refractivity contribution < 1.29 is 13.9 Å². The SMILES string of the molecule is Cc1nc2c(F)c(-c3cccc(Cl)c3Cl)c(CCC#N)cc2c2c1cc(C1CC(Oc3ccc(=O)n(C)c3)CN1C(=O)C1CC1)n2C1C2CNC1C2. The molecule has 2 aromatic carbocycles. The number of aromatic nitrogens is 3. The van der Waals surface area contributed by atoms with Crippen LogP contribution in [0.25, 0.3) is 32.9 Å². The fourth-order valence-electron chi connectivity index (χ4n) is 8.90. The van der Waals surface area contributed by atoms with E-state index in [1.165, 1.54) is 10.6 Å². The molecule has 10 rings (SSSR count). The van der Waals surface area contributed by atoms with Crippen LogP contribution in [0.1, 0.15) is 61.1 Å². The van der Waals surface area contributed by atoms with Crippen LogP contribution in [-0.4, -0.2) is 50.2 Å². The normalized spacial score (nSPS) is 23.7. The molecule has 5 aromatic rings. The first kappa shape index (κ1) is 33.4. The van der Waals surface area contributed by atoms with Crippen LogP contribution in [0.3, 0.4) is 0 Å². The number of rotatable bonds is 8. The standard InChI is InChI=1S/C40H37Cl2FN6O3/c1-20-27-16-32(31-15-25(19-48(31)40(51)21-8-9-21)52-24-10-11-33(50)47(2)18-24)49(38-23-14-30(38)45-17-23)39(27)28-13-22(5-4-12-44)34(36(43)37(28)46-20)26-6-3-7-29(41)35(26)42/h3,6-7,10-11,13,16,18,21,23,25,30-31,38,45H,4-5,8-9,14-15,17,19H2,1-2H3. The van der Waals surface area contributed by atoms with Gasteiger partial charge in [-0.15, -0.1) is 0 Å². The Kier molecular flexibility index (Phi) is 8.10. The molecule has 12 heteroatoms. The van der Waals surface area contributed by atoms with E-state index in [1.807, 2.05) is 17.9 Å². The van der Waals surface area contributed by atoms with Crippen LogP contribution in [0.2, 0.25) is 10.0 Å². The Labute approximate surface area is 309 Å². The van der Waals surface area contributed by atoms with Gasteiger partial charge in [0, 0.05) is 83.9 Å². The summed E-state index contributed by atoms with van der Waals surface area (Å²) in [6.45, 7) is 3.23. The van der Waals surface area contributed by atoms with Crippen molar-refractivity contribution in [1.29, 1.82) is 5.26 Å². The minimum absolute atomic E-state index is 0.0101. The Balaban J connectivity index is 1.25. The number of nitrogens with zero attached hydrogens (tertiary/aromatic N) is 5. The quantitative estimate of drug-likeness (QED) is 0.178. The maximum absolute atomic E-state index is 17.2. The topological polar surface area (TPSA) is 105 Å². The maximum atomic E-state index is 17.2. The summed E-state index contributed by atoms with van der Waals surface area (Å²) < 4.78 is 27.5. The van der Waals surface area contributed by atoms with Crippen LogP contribution in [0.4, 0.5) is 4.39 Å². The van der Waals surface area contributed by atoms with E-state index in [1.54, 1.807) is 37.5 Å². The number of hydrogen-bond donors (Lipinski definition) is 1. The summed E-state index contributed by atoms with van der Waals surface area (Å²) in [5.74, 6) is 0.615. The first-order valence-corrected chi connectivity index (χ1v) is 18.7. The lowest BCUT2D eigenvalue weighted by molar-refractivity contribution is -0.133. The van der Waals surface area contributed by atoms with E-state index in [4.69, 9.17) is 32.9 Å². The number of aryl methyl sites for hydroxylation is 3. The van der Waals surface area contributed by atoms with Crippen LogP contribution in [-0.2, 0) is 18.3 Å². The molecule has 6 heterocycles. The second kappa shape index (κ2) is 12.6. The minimum atomic E-state index is -0.499. The summed E-state index contributed by atoms with van der Waals surface area (Å²) in [6, 6.07) is 14.8. The number of amides is 1. The van der Waals surface area contributed by atoms with Gasteiger partial charge in [0.15, 0.2) is 5.82 Å². The van der Waals surface area contributed by atoms with Gasteiger partial charge in [-0.1, -0.05) is 35.3 Å². The third-order valence-corrected chi connectivity index (χ3v) is 12.4. The molecular weight excluding hydrogens is 702 g/mol. The summed E-state index contributed by atoms with van der Waals surface area (Å²) in [6.07, 6.45) is 5.29. The van der Waals surface area contributed by atoms with Crippen molar-refractivity contribution in [3.63, 3.8) is 0 Å². The number of ether oxygens (including phenoxy) is 1. The Hall–Kier alpha value is -4.43.